The van der Waals surface area contributed by atoms with Gasteiger partial charge in [-0.15, -0.1) is 0 Å². The van der Waals surface area contributed by atoms with Gasteiger partial charge in [0.05, 0.1) is 0 Å². The molecule has 5 heteroatoms. The minimum atomic E-state index is -0.331. The lowest BCUT2D eigenvalue weighted by molar-refractivity contribution is 0.619. The summed E-state index contributed by atoms with van der Waals surface area (Å²) in [6.07, 6.45) is 2.45. The van der Waals surface area contributed by atoms with Crippen molar-refractivity contribution in [2.45, 2.75) is 27.2 Å². The molecule has 2 nitrogen and oxygen atoms in total. The third-order valence-electron chi connectivity index (χ3n) is 4.10. The quantitative estimate of drug-likeness (QED) is 0.314. The largest absolute Gasteiger partial charge is 0.384 e. The van der Waals surface area contributed by atoms with Crippen LogP contribution in [-0.2, 0) is 0 Å². The van der Waals surface area contributed by atoms with E-state index in [1.807, 2.05) is 13.8 Å². The van der Waals surface area contributed by atoms with Crippen LogP contribution in [0.25, 0.3) is 5.57 Å². The number of rotatable bonds is 7. The van der Waals surface area contributed by atoms with E-state index >= 15 is 0 Å². The van der Waals surface area contributed by atoms with Crippen LogP contribution in [-0.4, -0.2) is 12.8 Å². The zero-order valence-electron chi connectivity index (χ0n) is 15.7. The first-order chi connectivity index (χ1) is 12.8. The number of benzene rings is 2. The Morgan fingerprint density at radius 3 is 2.48 bits per heavy atom. The lowest BCUT2D eigenvalue weighted by Crippen LogP contribution is -2.04. The molecule has 27 heavy (non-hydrogen) atoms. The maximum atomic E-state index is 13.7. The summed E-state index contributed by atoms with van der Waals surface area (Å²) >= 11 is 5.89. The molecule has 0 saturated heterocycles. The predicted octanol–water partition coefficient (Wildman–Crippen LogP) is 6.81. The molecule has 0 aliphatic rings. The smallest absolute Gasteiger partial charge is 0.129 e. The van der Waals surface area contributed by atoms with E-state index in [0.717, 1.165) is 22.4 Å². The Kier molecular flexibility index (Phi) is 7.31. The number of nitrogens with zero attached hydrogens (tertiary/aromatic N) is 1. The Labute approximate surface area is 164 Å². The Balaban J connectivity index is 2.04. The van der Waals surface area contributed by atoms with Crippen LogP contribution in [0.1, 0.15) is 31.4 Å². The molecule has 2 aromatic rings. The molecular formula is C22H23ClF2N2. The van der Waals surface area contributed by atoms with Gasteiger partial charge < -0.3 is 5.32 Å². The first-order valence-corrected chi connectivity index (χ1v) is 9.02. The molecule has 0 unspecified atom stereocenters. The van der Waals surface area contributed by atoms with E-state index in [1.165, 1.54) is 18.2 Å². The second-order valence-corrected chi connectivity index (χ2v) is 6.77. The van der Waals surface area contributed by atoms with E-state index in [-0.39, 0.29) is 11.6 Å². The average Bonchev–Trinajstić information content (AvgIpc) is 2.60. The number of halogens is 3. The van der Waals surface area contributed by atoms with E-state index in [9.17, 15) is 8.78 Å². The van der Waals surface area contributed by atoms with E-state index < -0.39 is 0 Å². The molecule has 0 fully saturated rings. The Hall–Kier alpha value is -2.46. The minimum Gasteiger partial charge on any atom is -0.384 e. The molecule has 0 amide bonds. The van der Waals surface area contributed by atoms with Gasteiger partial charge in [-0.2, -0.15) is 0 Å². The zero-order valence-corrected chi connectivity index (χ0v) is 16.5. The Morgan fingerprint density at radius 2 is 1.85 bits per heavy atom. The number of aliphatic imine (C=N–C) groups is 1. The van der Waals surface area contributed by atoms with Gasteiger partial charge in [0.1, 0.15) is 11.6 Å². The summed E-state index contributed by atoms with van der Waals surface area (Å²) in [4.78, 5) is 4.49. The van der Waals surface area contributed by atoms with Crippen LogP contribution < -0.4 is 5.32 Å². The van der Waals surface area contributed by atoms with Crippen LogP contribution in [0.5, 0.6) is 0 Å². The molecule has 0 aliphatic carbocycles. The summed E-state index contributed by atoms with van der Waals surface area (Å²) < 4.78 is 26.8. The first kappa shape index (κ1) is 20.8. The molecular weight excluding hydrogens is 366 g/mol. The predicted molar refractivity (Wildman–Crippen MR) is 112 cm³/mol. The molecule has 0 heterocycles. The van der Waals surface area contributed by atoms with Crippen LogP contribution in [0.15, 0.2) is 59.2 Å². The van der Waals surface area contributed by atoms with Gasteiger partial charge in [0.25, 0.3) is 0 Å². The fourth-order valence-corrected chi connectivity index (χ4v) is 2.95. The number of allylic oxidation sites excluding steroid dienone is 3. The molecule has 0 spiro atoms. The molecule has 0 saturated carbocycles. The van der Waals surface area contributed by atoms with E-state index in [1.54, 1.807) is 31.3 Å². The molecule has 142 valence electrons. The average molecular weight is 389 g/mol. The zero-order chi connectivity index (χ0) is 20.0. The monoisotopic (exact) mass is 388 g/mol. The molecule has 1 N–H and O–H groups in total. The highest BCUT2D eigenvalue weighted by atomic mass is 35.5. The van der Waals surface area contributed by atoms with Crippen LogP contribution in [0.2, 0.25) is 5.02 Å². The van der Waals surface area contributed by atoms with Gasteiger partial charge >= 0.3 is 0 Å². The summed E-state index contributed by atoms with van der Waals surface area (Å²) in [6.45, 7) is 10.1. The van der Waals surface area contributed by atoms with Gasteiger partial charge in [0.15, 0.2) is 0 Å². The van der Waals surface area contributed by atoms with Crippen LogP contribution >= 0.6 is 11.6 Å². The summed E-state index contributed by atoms with van der Waals surface area (Å²) in [7, 11) is 0. The van der Waals surface area contributed by atoms with Crippen molar-refractivity contribution in [3.05, 3.63) is 82.0 Å². The van der Waals surface area contributed by atoms with Crippen LogP contribution in [0, 0.1) is 18.6 Å². The number of nitrogens with one attached hydrogen (secondary N) is 1. The molecule has 0 atom stereocenters. The van der Waals surface area contributed by atoms with Crippen molar-refractivity contribution >= 4 is 29.1 Å². The first-order valence-electron chi connectivity index (χ1n) is 8.64. The summed E-state index contributed by atoms with van der Waals surface area (Å²) in [5.41, 5.74) is 4.65. The van der Waals surface area contributed by atoms with Crippen molar-refractivity contribution in [3.8, 4) is 0 Å². The molecule has 2 aromatic carbocycles. The second kappa shape index (κ2) is 9.47. The minimum absolute atomic E-state index is 0.278. The van der Waals surface area contributed by atoms with Gasteiger partial charge in [-0.25, -0.2) is 8.78 Å². The van der Waals surface area contributed by atoms with Crippen molar-refractivity contribution in [2.75, 3.05) is 11.9 Å². The SMILES string of the molecule is C=C(C)/C(=C(/C)N=CCCNc1cc(Cl)cc(F)c1C)c1ccc(F)cc1. The van der Waals surface area contributed by atoms with E-state index in [2.05, 4.69) is 16.9 Å². The third-order valence-corrected chi connectivity index (χ3v) is 4.32. The van der Waals surface area contributed by atoms with Gasteiger partial charge in [-0.3, -0.25) is 4.99 Å². The normalized spacial score (nSPS) is 12.2. The highest BCUT2D eigenvalue weighted by molar-refractivity contribution is 6.30. The summed E-state index contributed by atoms with van der Waals surface area (Å²) in [5.74, 6) is -0.609. The van der Waals surface area contributed by atoms with E-state index in [4.69, 9.17) is 11.6 Å². The molecule has 2 rings (SSSR count). The van der Waals surface area contributed by atoms with Gasteiger partial charge in [0.2, 0.25) is 0 Å². The molecule has 0 aromatic heterocycles. The van der Waals surface area contributed by atoms with E-state index in [0.29, 0.717) is 29.2 Å². The van der Waals surface area contributed by atoms with Crippen molar-refractivity contribution in [1.29, 1.82) is 0 Å². The molecule has 0 radical (unpaired) electrons. The number of hydrogen-bond acceptors (Lipinski definition) is 2. The maximum Gasteiger partial charge on any atom is 0.129 e. The number of anilines is 1. The van der Waals surface area contributed by atoms with Gasteiger partial charge in [-0.1, -0.05) is 30.3 Å². The van der Waals surface area contributed by atoms with Crippen molar-refractivity contribution in [1.82, 2.24) is 0 Å². The third kappa shape index (κ3) is 5.76. The number of hydrogen-bond donors (Lipinski definition) is 1. The second-order valence-electron chi connectivity index (χ2n) is 6.33. The fraction of sp³-hybridized carbons (Fsp3) is 0.227. The van der Waals surface area contributed by atoms with Crippen molar-refractivity contribution < 1.29 is 8.78 Å². The van der Waals surface area contributed by atoms with Crippen LogP contribution in [0.3, 0.4) is 0 Å². The topological polar surface area (TPSA) is 24.4 Å². The highest BCUT2D eigenvalue weighted by Gasteiger charge is 2.07. The molecule has 0 aliphatic heterocycles. The van der Waals surface area contributed by atoms with Gasteiger partial charge in [0, 0.05) is 46.7 Å². The maximum absolute atomic E-state index is 13.7. The Morgan fingerprint density at radius 1 is 1.19 bits per heavy atom. The van der Waals surface area contributed by atoms with Crippen molar-refractivity contribution in [3.63, 3.8) is 0 Å². The van der Waals surface area contributed by atoms with Gasteiger partial charge in [-0.05, 0) is 56.2 Å². The Bertz CT molecular complexity index is 884. The highest BCUT2D eigenvalue weighted by Crippen LogP contribution is 2.26. The standard InChI is InChI=1S/C22H23ClF2N2/c1-14(2)22(17-6-8-19(24)9-7-17)16(4)26-10-5-11-27-21-13-18(23)12-20(25)15(21)3/h6-10,12-13,27H,1,5,11H2,2-4H3/b22-16+,26-10?. The van der Waals surface area contributed by atoms with Crippen LogP contribution in [0.4, 0.5) is 14.5 Å². The summed E-state index contributed by atoms with van der Waals surface area (Å²) in [5, 5.41) is 3.53. The summed E-state index contributed by atoms with van der Waals surface area (Å²) in [6, 6.07) is 9.28. The lowest BCUT2D eigenvalue weighted by atomic mass is 9.98. The molecule has 0 bridgehead atoms. The van der Waals surface area contributed by atoms with Crippen molar-refractivity contribution in [2.24, 2.45) is 4.99 Å². The lowest BCUT2D eigenvalue weighted by Gasteiger charge is -2.11. The fourth-order valence-electron chi connectivity index (χ4n) is 2.75.